The van der Waals surface area contributed by atoms with Gasteiger partial charge >= 0.3 is 0 Å². The van der Waals surface area contributed by atoms with Crippen molar-refractivity contribution < 1.29 is 0 Å². The normalized spacial score (nSPS) is 12.6. The minimum atomic E-state index is -0.0317. The van der Waals surface area contributed by atoms with Gasteiger partial charge < -0.3 is 4.90 Å². The number of hydrogen-bond donors (Lipinski definition) is 0. The maximum atomic E-state index is 6.01. The van der Waals surface area contributed by atoms with E-state index in [4.69, 9.17) is 11.6 Å². The minimum absolute atomic E-state index is 0.0317. The van der Waals surface area contributed by atoms with Crippen molar-refractivity contribution in [2.24, 2.45) is 0 Å². The topological polar surface area (TPSA) is 29.0 Å². The molecule has 15 heavy (non-hydrogen) atoms. The molecule has 84 valence electrons. The van der Waals surface area contributed by atoms with E-state index in [2.05, 4.69) is 28.7 Å². The third-order valence-electron chi connectivity index (χ3n) is 2.48. The number of alkyl halides is 1. The van der Waals surface area contributed by atoms with Crippen LogP contribution >= 0.6 is 11.6 Å². The third kappa shape index (κ3) is 2.81. The first-order chi connectivity index (χ1) is 7.10. The van der Waals surface area contributed by atoms with Crippen molar-refractivity contribution in [3.63, 3.8) is 0 Å². The van der Waals surface area contributed by atoms with E-state index in [0.717, 1.165) is 30.3 Å². The molecule has 0 aliphatic rings. The Morgan fingerprint density at radius 3 is 2.40 bits per heavy atom. The summed E-state index contributed by atoms with van der Waals surface area (Å²) in [5.74, 6) is 0.790. The third-order valence-corrected chi connectivity index (χ3v) is 2.71. The highest BCUT2D eigenvalue weighted by Gasteiger charge is 2.10. The molecule has 3 nitrogen and oxygen atoms in total. The summed E-state index contributed by atoms with van der Waals surface area (Å²) >= 11 is 6.01. The van der Waals surface area contributed by atoms with Gasteiger partial charge in [0, 0.05) is 30.5 Å². The van der Waals surface area contributed by atoms with E-state index < -0.39 is 0 Å². The summed E-state index contributed by atoms with van der Waals surface area (Å²) in [6.45, 7) is 9.95. The fourth-order valence-electron chi connectivity index (χ4n) is 1.51. The first-order valence-corrected chi connectivity index (χ1v) is 5.76. The number of hydrogen-bond acceptors (Lipinski definition) is 3. The maximum Gasteiger partial charge on any atom is 0.225 e. The molecule has 1 heterocycles. The molecule has 0 bridgehead atoms. The molecule has 0 saturated heterocycles. The fraction of sp³-hybridized carbons (Fsp3) is 0.636. The van der Waals surface area contributed by atoms with Crippen LogP contribution in [0.1, 0.15) is 37.4 Å². The van der Waals surface area contributed by atoms with E-state index in [0.29, 0.717) is 0 Å². The van der Waals surface area contributed by atoms with Gasteiger partial charge in [-0.1, -0.05) is 0 Å². The fourth-order valence-corrected chi connectivity index (χ4v) is 1.73. The van der Waals surface area contributed by atoms with Crippen molar-refractivity contribution in [2.75, 3.05) is 18.0 Å². The Bertz CT molecular complexity index is 322. The Kier molecular flexibility index (Phi) is 4.33. The number of nitrogens with zero attached hydrogens (tertiary/aromatic N) is 3. The van der Waals surface area contributed by atoms with Gasteiger partial charge in [-0.05, 0) is 27.7 Å². The van der Waals surface area contributed by atoms with Gasteiger partial charge in [-0.15, -0.1) is 11.6 Å². The van der Waals surface area contributed by atoms with Crippen molar-refractivity contribution in [1.82, 2.24) is 9.97 Å². The molecule has 1 rings (SSSR count). The predicted molar refractivity (Wildman–Crippen MR) is 64.6 cm³/mol. The Labute approximate surface area is 96.5 Å². The first-order valence-electron chi connectivity index (χ1n) is 5.32. The zero-order valence-electron chi connectivity index (χ0n) is 9.79. The van der Waals surface area contributed by atoms with Gasteiger partial charge in [-0.3, -0.25) is 0 Å². The van der Waals surface area contributed by atoms with Gasteiger partial charge in [0.1, 0.15) is 0 Å². The maximum absolute atomic E-state index is 6.01. The molecule has 0 aliphatic heterocycles. The first kappa shape index (κ1) is 12.2. The summed E-state index contributed by atoms with van der Waals surface area (Å²) in [6.07, 6.45) is 1.83. The number of rotatable bonds is 4. The van der Waals surface area contributed by atoms with Crippen LogP contribution in [0.25, 0.3) is 0 Å². The lowest BCUT2D eigenvalue weighted by molar-refractivity contribution is 0.808. The molecule has 0 radical (unpaired) electrons. The monoisotopic (exact) mass is 227 g/mol. The molecule has 1 atom stereocenters. The minimum Gasteiger partial charge on any atom is -0.341 e. The largest absolute Gasteiger partial charge is 0.341 e. The van der Waals surface area contributed by atoms with Crippen molar-refractivity contribution >= 4 is 17.5 Å². The van der Waals surface area contributed by atoms with E-state index >= 15 is 0 Å². The van der Waals surface area contributed by atoms with Gasteiger partial charge in [0.25, 0.3) is 0 Å². The Balaban J connectivity index is 3.00. The van der Waals surface area contributed by atoms with Crippen LogP contribution in [-0.2, 0) is 0 Å². The average molecular weight is 228 g/mol. The van der Waals surface area contributed by atoms with Gasteiger partial charge in [-0.2, -0.15) is 0 Å². The molecular weight excluding hydrogens is 210 g/mol. The van der Waals surface area contributed by atoms with Crippen LogP contribution in [0.15, 0.2) is 6.20 Å². The van der Waals surface area contributed by atoms with Crippen LogP contribution in [-0.4, -0.2) is 23.1 Å². The average Bonchev–Trinajstić information content (AvgIpc) is 2.19. The molecule has 0 fully saturated rings. The molecule has 1 unspecified atom stereocenters. The van der Waals surface area contributed by atoms with Crippen LogP contribution in [0, 0.1) is 6.92 Å². The molecule has 0 amide bonds. The molecule has 0 N–H and O–H groups in total. The SMILES string of the molecule is CCN(CC)c1ncc(C(C)Cl)c(C)n1. The molecule has 4 heteroatoms. The molecular formula is C11H18ClN3. The van der Waals surface area contributed by atoms with Crippen molar-refractivity contribution in [3.8, 4) is 0 Å². The van der Waals surface area contributed by atoms with Gasteiger partial charge in [0.2, 0.25) is 5.95 Å². The summed E-state index contributed by atoms with van der Waals surface area (Å²) in [5, 5.41) is -0.0317. The van der Waals surface area contributed by atoms with Crippen molar-refractivity contribution in [1.29, 1.82) is 0 Å². The quantitative estimate of drug-likeness (QED) is 0.741. The summed E-state index contributed by atoms with van der Waals surface area (Å²) in [4.78, 5) is 10.9. The highest BCUT2D eigenvalue weighted by atomic mass is 35.5. The lowest BCUT2D eigenvalue weighted by Crippen LogP contribution is -2.24. The lowest BCUT2D eigenvalue weighted by atomic mass is 10.2. The molecule has 0 spiro atoms. The number of anilines is 1. The molecule has 0 saturated carbocycles. The van der Waals surface area contributed by atoms with Crippen LogP contribution in [0.4, 0.5) is 5.95 Å². The Morgan fingerprint density at radius 2 is 2.00 bits per heavy atom. The summed E-state index contributed by atoms with van der Waals surface area (Å²) < 4.78 is 0. The standard InChI is InChI=1S/C11H18ClN3/c1-5-15(6-2)11-13-7-10(8(3)12)9(4)14-11/h7-8H,5-6H2,1-4H3. The number of halogens is 1. The lowest BCUT2D eigenvalue weighted by Gasteiger charge is -2.19. The van der Waals surface area contributed by atoms with Crippen LogP contribution < -0.4 is 4.90 Å². The number of aryl methyl sites for hydroxylation is 1. The Morgan fingerprint density at radius 1 is 1.40 bits per heavy atom. The second-order valence-corrected chi connectivity index (χ2v) is 4.15. The molecule has 0 aliphatic carbocycles. The highest BCUT2D eigenvalue weighted by molar-refractivity contribution is 6.20. The summed E-state index contributed by atoms with van der Waals surface area (Å²) in [6, 6.07) is 0. The van der Waals surface area contributed by atoms with E-state index in [1.165, 1.54) is 0 Å². The van der Waals surface area contributed by atoms with Crippen LogP contribution in [0.2, 0.25) is 0 Å². The summed E-state index contributed by atoms with van der Waals surface area (Å²) in [7, 11) is 0. The van der Waals surface area contributed by atoms with E-state index in [1.54, 1.807) is 0 Å². The van der Waals surface area contributed by atoms with Crippen molar-refractivity contribution in [3.05, 3.63) is 17.5 Å². The zero-order valence-corrected chi connectivity index (χ0v) is 10.5. The van der Waals surface area contributed by atoms with E-state index in [1.807, 2.05) is 20.0 Å². The number of aromatic nitrogens is 2. The van der Waals surface area contributed by atoms with Crippen LogP contribution in [0.5, 0.6) is 0 Å². The zero-order chi connectivity index (χ0) is 11.4. The van der Waals surface area contributed by atoms with Gasteiger partial charge in [0.05, 0.1) is 5.38 Å². The summed E-state index contributed by atoms with van der Waals surface area (Å²) in [5.41, 5.74) is 1.97. The van der Waals surface area contributed by atoms with Gasteiger partial charge in [0.15, 0.2) is 0 Å². The second-order valence-electron chi connectivity index (χ2n) is 3.50. The van der Waals surface area contributed by atoms with E-state index in [9.17, 15) is 0 Å². The van der Waals surface area contributed by atoms with E-state index in [-0.39, 0.29) is 5.38 Å². The molecule has 0 aromatic carbocycles. The Hall–Kier alpha value is -0.830. The smallest absolute Gasteiger partial charge is 0.225 e. The second kappa shape index (κ2) is 5.31. The molecule has 1 aromatic rings. The predicted octanol–water partition coefficient (Wildman–Crippen LogP) is 2.93. The van der Waals surface area contributed by atoms with Gasteiger partial charge in [-0.25, -0.2) is 9.97 Å². The van der Waals surface area contributed by atoms with Crippen LogP contribution in [0.3, 0.4) is 0 Å². The highest BCUT2D eigenvalue weighted by Crippen LogP contribution is 2.22. The van der Waals surface area contributed by atoms with Crippen molar-refractivity contribution in [2.45, 2.75) is 33.1 Å². The molecule has 1 aromatic heterocycles.